The van der Waals surface area contributed by atoms with Gasteiger partial charge < -0.3 is 10.1 Å². The molecule has 0 aliphatic heterocycles. The van der Waals surface area contributed by atoms with E-state index in [4.69, 9.17) is 21.6 Å². The van der Waals surface area contributed by atoms with Crippen LogP contribution in [0.2, 0.25) is 5.02 Å². The molecule has 0 radical (unpaired) electrons. The average molecular weight is 414 g/mol. The third-order valence-electron chi connectivity index (χ3n) is 4.18. The normalized spacial score (nSPS) is 10.6. The third kappa shape index (κ3) is 5.26. The number of anilines is 1. The van der Waals surface area contributed by atoms with Crippen LogP contribution < -0.4 is 10.1 Å². The summed E-state index contributed by atoms with van der Waals surface area (Å²) in [6, 6.07) is 25.0. The largest absolute Gasteiger partial charge is 0.487 e. The number of nitrogens with zero attached hydrogens (tertiary/aromatic N) is 2. The van der Waals surface area contributed by atoms with Crippen LogP contribution in [0.3, 0.4) is 0 Å². The molecular weight excluding hydrogens is 398 g/mol. The zero-order valence-electron chi connectivity index (χ0n) is 15.8. The molecule has 0 heterocycles. The van der Waals surface area contributed by atoms with Gasteiger partial charge in [-0.2, -0.15) is 10.5 Å². The quantitative estimate of drug-likeness (QED) is 0.436. The van der Waals surface area contributed by atoms with E-state index in [0.717, 1.165) is 5.56 Å². The lowest BCUT2D eigenvalue weighted by molar-refractivity contribution is -0.112. The average Bonchev–Trinajstić information content (AvgIpc) is 2.77. The molecule has 3 rings (SSSR count). The molecule has 30 heavy (non-hydrogen) atoms. The van der Waals surface area contributed by atoms with Crippen LogP contribution in [0.25, 0.3) is 6.08 Å². The summed E-state index contributed by atoms with van der Waals surface area (Å²) >= 11 is 6.30. The van der Waals surface area contributed by atoms with Crippen LogP contribution in [0.4, 0.5) is 5.69 Å². The van der Waals surface area contributed by atoms with Gasteiger partial charge in [-0.3, -0.25) is 4.79 Å². The Morgan fingerprint density at radius 1 is 1.03 bits per heavy atom. The minimum absolute atomic E-state index is 0.0495. The van der Waals surface area contributed by atoms with Crippen molar-refractivity contribution < 1.29 is 9.53 Å². The van der Waals surface area contributed by atoms with E-state index in [1.54, 1.807) is 54.6 Å². The van der Waals surface area contributed by atoms with E-state index in [2.05, 4.69) is 11.4 Å². The van der Waals surface area contributed by atoms with Crippen molar-refractivity contribution in [1.29, 1.82) is 10.5 Å². The Labute approximate surface area is 179 Å². The van der Waals surface area contributed by atoms with Crippen molar-refractivity contribution in [2.24, 2.45) is 0 Å². The molecule has 146 valence electrons. The third-order valence-corrected chi connectivity index (χ3v) is 4.48. The number of hydrogen-bond acceptors (Lipinski definition) is 4. The van der Waals surface area contributed by atoms with E-state index >= 15 is 0 Å². The van der Waals surface area contributed by atoms with Crippen molar-refractivity contribution >= 4 is 29.3 Å². The summed E-state index contributed by atoms with van der Waals surface area (Å²) in [6.45, 7) is 0.196. The highest BCUT2D eigenvalue weighted by molar-refractivity contribution is 6.32. The highest BCUT2D eigenvalue weighted by Crippen LogP contribution is 2.27. The van der Waals surface area contributed by atoms with Gasteiger partial charge in [-0.05, 0) is 42.0 Å². The molecule has 0 aliphatic rings. The summed E-state index contributed by atoms with van der Waals surface area (Å²) in [5, 5.41) is 21.5. The smallest absolute Gasteiger partial charge is 0.266 e. The Kier molecular flexibility index (Phi) is 6.84. The fourth-order valence-corrected chi connectivity index (χ4v) is 2.91. The second-order valence-corrected chi connectivity index (χ2v) is 6.64. The Morgan fingerprint density at radius 2 is 1.77 bits per heavy atom. The highest BCUT2D eigenvalue weighted by Gasteiger charge is 2.11. The van der Waals surface area contributed by atoms with Gasteiger partial charge in [-0.1, -0.05) is 54.1 Å². The summed E-state index contributed by atoms with van der Waals surface area (Å²) in [5.41, 5.74) is 2.43. The SMILES string of the molecule is N#C/C(=C\c1ccc(OCc2ccccc2C#N)c(Cl)c1)C(=O)Nc1ccccc1. The Balaban J connectivity index is 1.73. The Bertz CT molecular complexity index is 1180. The molecule has 1 N–H and O–H groups in total. The molecular formula is C24H16ClN3O2. The van der Waals surface area contributed by atoms with E-state index in [-0.39, 0.29) is 12.2 Å². The van der Waals surface area contributed by atoms with Gasteiger partial charge in [0, 0.05) is 11.3 Å². The second kappa shape index (κ2) is 9.93. The van der Waals surface area contributed by atoms with Gasteiger partial charge in [0.2, 0.25) is 0 Å². The first kappa shape index (κ1) is 20.7. The fourth-order valence-electron chi connectivity index (χ4n) is 2.67. The number of para-hydroxylation sites is 1. The minimum Gasteiger partial charge on any atom is -0.487 e. The number of carbonyl (C=O) groups is 1. The molecule has 0 spiro atoms. The maximum Gasteiger partial charge on any atom is 0.266 e. The first-order valence-corrected chi connectivity index (χ1v) is 9.37. The van der Waals surface area contributed by atoms with E-state index in [0.29, 0.717) is 27.6 Å². The molecule has 0 aliphatic carbocycles. The molecule has 0 saturated carbocycles. The monoisotopic (exact) mass is 413 g/mol. The molecule has 0 bridgehead atoms. The predicted molar refractivity (Wildman–Crippen MR) is 116 cm³/mol. The van der Waals surface area contributed by atoms with Gasteiger partial charge in [0.05, 0.1) is 16.7 Å². The van der Waals surface area contributed by atoms with Crippen LogP contribution in [0.5, 0.6) is 5.75 Å². The first-order chi connectivity index (χ1) is 14.6. The zero-order valence-corrected chi connectivity index (χ0v) is 16.6. The topological polar surface area (TPSA) is 85.9 Å². The van der Waals surface area contributed by atoms with Crippen molar-refractivity contribution in [1.82, 2.24) is 0 Å². The van der Waals surface area contributed by atoms with Crippen molar-refractivity contribution in [3.63, 3.8) is 0 Å². The Hall–Kier alpha value is -4.06. The minimum atomic E-state index is -0.506. The van der Waals surface area contributed by atoms with Crippen molar-refractivity contribution in [2.45, 2.75) is 6.61 Å². The number of rotatable bonds is 6. The molecule has 3 aromatic rings. The lowest BCUT2D eigenvalue weighted by atomic mass is 10.1. The van der Waals surface area contributed by atoms with Crippen LogP contribution >= 0.6 is 11.6 Å². The zero-order chi connectivity index (χ0) is 21.3. The highest BCUT2D eigenvalue weighted by atomic mass is 35.5. The maximum atomic E-state index is 12.3. The molecule has 5 nitrogen and oxygen atoms in total. The molecule has 0 unspecified atom stereocenters. The van der Waals surface area contributed by atoms with E-state index in [1.165, 1.54) is 6.08 Å². The van der Waals surface area contributed by atoms with Crippen molar-refractivity contribution in [2.75, 3.05) is 5.32 Å². The molecule has 0 fully saturated rings. The number of nitriles is 2. The number of ether oxygens (including phenoxy) is 1. The van der Waals surface area contributed by atoms with Crippen molar-refractivity contribution in [3.8, 4) is 17.9 Å². The number of halogens is 1. The number of nitrogens with one attached hydrogen (secondary N) is 1. The van der Waals surface area contributed by atoms with Crippen LogP contribution in [-0.2, 0) is 11.4 Å². The predicted octanol–water partition coefficient (Wildman–Crippen LogP) is 5.34. The lowest BCUT2D eigenvalue weighted by Gasteiger charge is -2.10. The summed E-state index contributed by atoms with van der Waals surface area (Å²) in [7, 11) is 0. The molecule has 0 aromatic heterocycles. The van der Waals surface area contributed by atoms with Crippen LogP contribution in [-0.4, -0.2) is 5.91 Å². The number of benzene rings is 3. The van der Waals surface area contributed by atoms with Crippen LogP contribution in [0.1, 0.15) is 16.7 Å². The van der Waals surface area contributed by atoms with E-state index in [1.807, 2.05) is 24.3 Å². The van der Waals surface area contributed by atoms with Gasteiger partial charge in [0.15, 0.2) is 0 Å². The standard InChI is InChI=1S/C24H16ClN3O2/c25-22-13-17(12-20(15-27)24(29)28-21-8-2-1-3-9-21)10-11-23(22)30-16-19-7-5-4-6-18(19)14-26/h1-13H,16H2,(H,28,29)/b20-12+. The molecule has 1 amide bonds. The van der Waals surface area contributed by atoms with Gasteiger partial charge in [-0.25, -0.2) is 0 Å². The Morgan fingerprint density at radius 3 is 2.47 bits per heavy atom. The van der Waals surface area contributed by atoms with Gasteiger partial charge in [0.25, 0.3) is 5.91 Å². The fraction of sp³-hybridized carbons (Fsp3) is 0.0417. The van der Waals surface area contributed by atoms with Crippen molar-refractivity contribution in [3.05, 3.63) is 100 Å². The molecule has 6 heteroatoms. The summed E-state index contributed by atoms with van der Waals surface area (Å²) in [6.07, 6.45) is 1.46. The molecule has 0 atom stereocenters. The molecule has 0 saturated heterocycles. The van der Waals surface area contributed by atoms with Gasteiger partial charge in [-0.15, -0.1) is 0 Å². The van der Waals surface area contributed by atoms with Crippen LogP contribution in [0.15, 0.2) is 78.4 Å². The van der Waals surface area contributed by atoms with Gasteiger partial charge in [0.1, 0.15) is 24.0 Å². The second-order valence-electron chi connectivity index (χ2n) is 6.24. The summed E-state index contributed by atoms with van der Waals surface area (Å²) in [5.74, 6) is -0.0675. The van der Waals surface area contributed by atoms with E-state index < -0.39 is 5.91 Å². The number of amides is 1. The maximum absolute atomic E-state index is 12.3. The number of hydrogen-bond donors (Lipinski definition) is 1. The lowest BCUT2D eigenvalue weighted by Crippen LogP contribution is -2.13. The summed E-state index contributed by atoms with van der Waals surface area (Å²) in [4.78, 5) is 12.3. The number of carbonyl (C=O) groups excluding carboxylic acids is 1. The van der Waals surface area contributed by atoms with E-state index in [9.17, 15) is 10.1 Å². The first-order valence-electron chi connectivity index (χ1n) is 8.99. The molecule has 3 aromatic carbocycles. The summed E-state index contributed by atoms with van der Waals surface area (Å²) < 4.78 is 5.73. The van der Waals surface area contributed by atoms with Crippen LogP contribution in [0, 0.1) is 22.7 Å². The van der Waals surface area contributed by atoms with Gasteiger partial charge >= 0.3 is 0 Å².